The monoisotopic (exact) mass is 433 g/mol. The molecular formula is C21H26FN4O5+. The van der Waals surface area contributed by atoms with Gasteiger partial charge in [0.15, 0.2) is 0 Å². The molecule has 0 unspecified atom stereocenters. The van der Waals surface area contributed by atoms with Crippen LogP contribution in [0.25, 0.3) is 10.9 Å². The van der Waals surface area contributed by atoms with Gasteiger partial charge in [-0.05, 0) is 38.0 Å². The average Bonchev–Trinajstić information content (AvgIpc) is 3.12. The highest BCUT2D eigenvalue weighted by Crippen LogP contribution is 2.23. The number of hydrogen-bond acceptors (Lipinski definition) is 6. The molecule has 1 amide bonds. The number of esters is 1. The number of H-pyrrole nitrogens is 1. The van der Waals surface area contributed by atoms with Crippen LogP contribution in [-0.2, 0) is 30.3 Å². The quantitative estimate of drug-likeness (QED) is 0.215. The van der Waals surface area contributed by atoms with Crippen molar-refractivity contribution in [3.63, 3.8) is 0 Å². The molecule has 0 spiro atoms. The lowest BCUT2D eigenvalue weighted by molar-refractivity contribution is -0.152. The number of ketones is 1. The molecule has 31 heavy (non-hydrogen) atoms. The Kier molecular flexibility index (Phi) is 8.60. The number of carbonyl (C=O) groups is 3. The second kappa shape index (κ2) is 11.1. The van der Waals surface area contributed by atoms with Crippen molar-refractivity contribution in [2.24, 2.45) is 0 Å². The van der Waals surface area contributed by atoms with Gasteiger partial charge in [-0.25, -0.2) is 9.18 Å². The molecule has 0 radical (unpaired) electrons. The van der Waals surface area contributed by atoms with Gasteiger partial charge in [0.05, 0.1) is 16.4 Å². The van der Waals surface area contributed by atoms with Crippen molar-refractivity contribution >= 4 is 34.8 Å². The number of amides is 1. The lowest BCUT2D eigenvalue weighted by atomic mass is 10.0. The minimum absolute atomic E-state index is 0.0275. The molecule has 2 aromatic rings. The fourth-order valence-corrected chi connectivity index (χ4v) is 3.10. The molecule has 3 N–H and O–H groups in total. The second-order valence-electron chi connectivity index (χ2n) is 7.21. The average molecular weight is 433 g/mol. The fraction of sp³-hybridized carbons (Fsp3) is 0.429. The smallest absolute Gasteiger partial charge is 0.372 e. The number of aromatic amines is 1. The summed E-state index contributed by atoms with van der Waals surface area (Å²) in [6.45, 7) is 3.33. The molecule has 1 heterocycles. The molecule has 9 nitrogen and oxygen atoms in total. The first kappa shape index (κ1) is 23.9. The van der Waals surface area contributed by atoms with Gasteiger partial charge in [-0.15, -0.1) is 0 Å². The van der Waals surface area contributed by atoms with Gasteiger partial charge in [0.1, 0.15) is 18.0 Å². The molecular weight excluding hydrogens is 407 g/mol. The molecule has 0 aliphatic carbocycles. The number of nitrogens with one attached hydrogen (secondary N) is 3. The maximum absolute atomic E-state index is 14.2. The highest BCUT2D eigenvalue weighted by molar-refractivity contribution is 6.25. The van der Waals surface area contributed by atoms with E-state index in [-0.39, 0.29) is 19.3 Å². The Morgan fingerprint density at radius 1 is 1.32 bits per heavy atom. The first-order valence-corrected chi connectivity index (χ1v) is 9.77. The summed E-state index contributed by atoms with van der Waals surface area (Å²) in [5.74, 6) is -2.16. The molecule has 0 aliphatic rings. The molecule has 0 aliphatic heterocycles. The van der Waals surface area contributed by atoms with Crippen molar-refractivity contribution < 1.29 is 33.0 Å². The van der Waals surface area contributed by atoms with Crippen molar-refractivity contribution in [3.8, 4) is 0 Å². The Hall–Kier alpha value is -3.36. The Balaban J connectivity index is 2.15. The van der Waals surface area contributed by atoms with Gasteiger partial charge in [0, 0.05) is 37.1 Å². The van der Waals surface area contributed by atoms with E-state index < -0.39 is 41.7 Å². The summed E-state index contributed by atoms with van der Waals surface area (Å²) < 4.78 is 24.7. The number of ether oxygens (including phenoxy) is 2. The van der Waals surface area contributed by atoms with Crippen LogP contribution in [0.15, 0.2) is 24.4 Å². The predicted molar refractivity (Wildman–Crippen MR) is 109 cm³/mol. The van der Waals surface area contributed by atoms with Gasteiger partial charge in [0.2, 0.25) is 11.7 Å². The van der Waals surface area contributed by atoms with Crippen LogP contribution in [0.5, 0.6) is 0 Å². The zero-order valence-electron chi connectivity index (χ0n) is 17.6. The highest BCUT2D eigenvalue weighted by atomic mass is 19.1. The van der Waals surface area contributed by atoms with E-state index in [1.165, 1.54) is 13.2 Å². The highest BCUT2D eigenvalue weighted by Gasteiger charge is 2.29. The van der Waals surface area contributed by atoms with E-state index in [1.54, 1.807) is 32.2 Å². The van der Waals surface area contributed by atoms with E-state index in [0.717, 1.165) is 6.21 Å². The maximum Gasteiger partial charge on any atom is 0.372 e. The van der Waals surface area contributed by atoms with Crippen LogP contribution < -0.4 is 5.32 Å². The zero-order valence-corrected chi connectivity index (χ0v) is 17.6. The number of fused-ring (bicyclic) bond motifs is 1. The van der Waals surface area contributed by atoms with Crippen LogP contribution in [0.4, 0.5) is 4.39 Å². The van der Waals surface area contributed by atoms with Crippen LogP contribution in [0.3, 0.4) is 0 Å². The first-order valence-electron chi connectivity index (χ1n) is 9.77. The molecule has 1 aromatic carbocycles. The lowest BCUT2D eigenvalue weighted by Crippen LogP contribution is -2.48. The van der Waals surface area contributed by atoms with Gasteiger partial charge in [-0.3, -0.25) is 9.59 Å². The number of Topliss-reactive ketones (excluding diaryl/α,β-unsaturated/α-hetero) is 1. The lowest BCUT2D eigenvalue weighted by Gasteiger charge is -2.21. The molecule has 10 heteroatoms. The topological polar surface area (TPSA) is 135 Å². The molecule has 166 valence electrons. The van der Waals surface area contributed by atoms with Crippen LogP contribution in [-0.4, -0.2) is 59.0 Å². The van der Waals surface area contributed by atoms with Crippen LogP contribution in [0.1, 0.15) is 32.3 Å². The number of carbonyl (C=O) groups excluding carboxylic acids is 3. The molecule has 0 saturated heterocycles. The van der Waals surface area contributed by atoms with E-state index in [9.17, 15) is 18.8 Å². The SMILES string of the molecule is CO[C@@H](Cc1c[nH]c2cccc(F)c12)C(=O)N[C@@H](CCC(=O)C=[N+]=N)C(=O)OC(C)C. The predicted octanol–water partition coefficient (Wildman–Crippen LogP) is 1.96. The molecule has 0 saturated carbocycles. The second-order valence-corrected chi connectivity index (χ2v) is 7.21. The minimum Gasteiger partial charge on any atom is -0.461 e. The van der Waals surface area contributed by atoms with Crippen LogP contribution in [0.2, 0.25) is 0 Å². The van der Waals surface area contributed by atoms with E-state index >= 15 is 0 Å². The Bertz CT molecular complexity index is 997. The molecule has 2 atom stereocenters. The maximum atomic E-state index is 14.2. The number of nitrogens with zero attached hydrogens (tertiary/aromatic N) is 1. The van der Waals surface area contributed by atoms with E-state index in [2.05, 4.69) is 15.1 Å². The van der Waals surface area contributed by atoms with Crippen LogP contribution >= 0.6 is 0 Å². The molecule has 0 fully saturated rings. The van der Waals surface area contributed by atoms with Gasteiger partial charge in [-0.1, -0.05) is 6.07 Å². The van der Waals surface area contributed by atoms with Crippen molar-refractivity contribution in [3.05, 3.63) is 35.8 Å². The third-order valence-corrected chi connectivity index (χ3v) is 4.56. The summed E-state index contributed by atoms with van der Waals surface area (Å²) in [5, 5.41) is 2.93. The summed E-state index contributed by atoms with van der Waals surface area (Å²) in [6, 6.07) is 3.54. The normalized spacial score (nSPS) is 12.8. The standard InChI is InChI=1S/C21H25FN4O5/c1-12(2)31-21(29)17(8-7-14(27)11-25-23)26-20(28)18(30-3)9-13-10-24-16-6-4-5-15(22)19(13)16/h4-6,10-12,17-18,23-24H,7-9H2,1-3H3/p+1/t17-,18-/m0/s1. The Morgan fingerprint density at radius 3 is 2.71 bits per heavy atom. The summed E-state index contributed by atoms with van der Waals surface area (Å²) in [6.07, 6.45) is 0.960. The van der Waals surface area contributed by atoms with Gasteiger partial charge >= 0.3 is 12.2 Å². The summed E-state index contributed by atoms with van der Waals surface area (Å²) in [7, 11) is 1.34. The number of rotatable bonds is 11. The first-order chi connectivity index (χ1) is 14.8. The van der Waals surface area contributed by atoms with E-state index in [1.807, 2.05) is 0 Å². The third kappa shape index (κ3) is 6.56. The number of methoxy groups -OCH3 is 1. The molecule has 0 bridgehead atoms. The van der Waals surface area contributed by atoms with Crippen molar-refractivity contribution in [2.45, 2.75) is 51.4 Å². The number of hydrogen-bond donors (Lipinski definition) is 3. The van der Waals surface area contributed by atoms with Gasteiger partial charge < -0.3 is 19.8 Å². The van der Waals surface area contributed by atoms with Crippen molar-refractivity contribution in [1.82, 2.24) is 10.3 Å². The van der Waals surface area contributed by atoms with Gasteiger partial charge in [0.25, 0.3) is 0 Å². The zero-order chi connectivity index (χ0) is 23.0. The van der Waals surface area contributed by atoms with E-state index in [0.29, 0.717) is 16.5 Å². The largest absolute Gasteiger partial charge is 0.461 e. The van der Waals surface area contributed by atoms with Gasteiger partial charge in [-0.2, -0.15) is 0 Å². The molecule has 1 aromatic heterocycles. The summed E-state index contributed by atoms with van der Waals surface area (Å²) >= 11 is 0. The molecule has 2 rings (SSSR count). The number of benzene rings is 1. The third-order valence-electron chi connectivity index (χ3n) is 4.56. The van der Waals surface area contributed by atoms with Crippen molar-refractivity contribution in [2.75, 3.05) is 7.11 Å². The van der Waals surface area contributed by atoms with Crippen LogP contribution in [0, 0.1) is 11.3 Å². The fourth-order valence-electron chi connectivity index (χ4n) is 3.10. The van der Waals surface area contributed by atoms with E-state index in [4.69, 9.17) is 15.0 Å². The van der Waals surface area contributed by atoms with Crippen molar-refractivity contribution in [1.29, 1.82) is 5.53 Å². The minimum atomic E-state index is -1.09. The number of halogens is 1. The summed E-state index contributed by atoms with van der Waals surface area (Å²) in [4.78, 5) is 42.7. The Labute approximate surface area is 178 Å². The number of aromatic nitrogens is 1. The Morgan fingerprint density at radius 2 is 2.06 bits per heavy atom. The summed E-state index contributed by atoms with van der Waals surface area (Å²) in [5.41, 5.74) is 7.85.